The molecule has 1 saturated carbocycles. The standard InChI is InChI=1S/C14H16IN/c1-9-7-11(15)5-6-13(9)16-14-8-10-3-2-4-12(10)14/h2,4-7,10,12,14,16H,3,8H2,1H3. The molecule has 0 spiro atoms. The van der Waals surface area contributed by atoms with Gasteiger partial charge >= 0.3 is 0 Å². The molecule has 2 aliphatic carbocycles. The van der Waals surface area contributed by atoms with E-state index in [1.165, 1.54) is 27.7 Å². The van der Waals surface area contributed by atoms with Gasteiger partial charge in [0.05, 0.1) is 0 Å². The normalized spacial score (nSPS) is 31.0. The van der Waals surface area contributed by atoms with Crippen molar-refractivity contribution in [2.75, 3.05) is 5.32 Å². The first kappa shape index (κ1) is 10.6. The van der Waals surface area contributed by atoms with Crippen LogP contribution in [0.4, 0.5) is 5.69 Å². The van der Waals surface area contributed by atoms with Gasteiger partial charge in [-0.3, -0.25) is 0 Å². The number of hydrogen-bond donors (Lipinski definition) is 1. The van der Waals surface area contributed by atoms with Gasteiger partial charge in [0.1, 0.15) is 0 Å². The van der Waals surface area contributed by atoms with Gasteiger partial charge in [-0.25, -0.2) is 0 Å². The van der Waals surface area contributed by atoms with E-state index in [9.17, 15) is 0 Å². The molecule has 1 fully saturated rings. The van der Waals surface area contributed by atoms with Gasteiger partial charge in [0.25, 0.3) is 0 Å². The average molecular weight is 325 g/mol. The predicted octanol–water partition coefficient (Wildman–Crippen LogP) is 3.98. The molecular formula is C14H16IN. The summed E-state index contributed by atoms with van der Waals surface area (Å²) in [5, 5.41) is 3.69. The van der Waals surface area contributed by atoms with Crippen LogP contribution in [-0.2, 0) is 0 Å². The zero-order chi connectivity index (χ0) is 11.1. The Morgan fingerprint density at radius 1 is 1.38 bits per heavy atom. The Balaban J connectivity index is 1.73. The van der Waals surface area contributed by atoms with Gasteiger partial charge in [-0.15, -0.1) is 0 Å². The van der Waals surface area contributed by atoms with Crippen LogP contribution >= 0.6 is 22.6 Å². The van der Waals surface area contributed by atoms with E-state index >= 15 is 0 Å². The maximum atomic E-state index is 3.69. The van der Waals surface area contributed by atoms with Crippen molar-refractivity contribution in [2.24, 2.45) is 11.8 Å². The fourth-order valence-electron chi connectivity index (χ4n) is 2.87. The average Bonchev–Trinajstić information content (AvgIpc) is 2.59. The molecule has 16 heavy (non-hydrogen) atoms. The molecule has 0 aliphatic heterocycles. The summed E-state index contributed by atoms with van der Waals surface area (Å²) in [7, 11) is 0. The largest absolute Gasteiger partial charge is 0.381 e. The van der Waals surface area contributed by atoms with E-state index in [4.69, 9.17) is 0 Å². The van der Waals surface area contributed by atoms with Crippen molar-refractivity contribution in [3.8, 4) is 0 Å². The third kappa shape index (κ3) is 1.77. The Kier molecular flexibility index (Phi) is 2.70. The number of rotatable bonds is 2. The van der Waals surface area contributed by atoms with Crippen LogP contribution in [0, 0.1) is 22.3 Å². The summed E-state index contributed by atoms with van der Waals surface area (Å²) in [5.74, 6) is 1.72. The van der Waals surface area contributed by atoms with Crippen LogP contribution in [0.5, 0.6) is 0 Å². The molecule has 1 N–H and O–H groups in total. The number of anilines is 1. The van der Waals surface area contributed by atoms with E-state index in [1.54, 1.807) is 0 Å². The molecule has 3 rings (SSSR count). The van der Waals surface area contributed by atoms with Gasteiger partial charge in [-0.1, -0.05) is 12.2 Å². The highest BCUT2D eigenvalue weighted by atomic mass is 127. The quantitative estimate of drug-likeness (QED) is 0.641. The molecule has 0 saturated heterocycles. The summed E-state index contributed by atoms with van der Waals surface area (Å²) < 4.78 is 1.31. The van der Waals surface area contributed by atoms with Gasteiger partial charge in [0.15, 0.2) is 0 Å². The SMILES string of the molecule is Cc1cc(I)ccc1NC1CC2CC=CC21. The summed E-state index contributed by atoms with van der Waals surface area (Å²) in [6.07, 6.45) is 7.38. The highest BCUT2D eigenvalue weighted by Gasteiger charge is 2.40. The lowest BCUT2D eigenvalue weighted by Gasteiger charge is -2.41. The van der Waals surface area contributed by atoms with Crippen molar-refractivity contribution in [3.63, 3.8) is 0 Å². The molecule has 84 valence electrons. The Morgan fingerprint density at radius 2 is 2.25 bits per heavy atom. The summed E-state index contributed by atoms with van der Waals surface area (Å²) in [6.45, 7) is 2.19. The molecule has 0 aromatic heterocycles. The lowest BCUT2D eigenvalue weighted by molar-refractivity contribution is 0.218. The number of halogens is 1. The number of benzene rings is 1. The first-order chi connectivity index (χ1) is 7.74. The molecular weight excluding hydrogens is 309 g/mol. The molecule has 3 atom stereocenters. The smallest absolute Gasteiger partial charge is 0.0372 e. The van der Waals surface area contributed by atoms with E-state index in [1.807, 2.05) is 0 Å². The van der Waals surface area contributed by atoms with Gasteiger partial charge in [0.2, 0.25) is 0 Å². The minimum Gasteiger partial charge on any atom is -0.381 e. The molecule has 0 amide bonds. The van der Waals surface area contributed by atoms with Crippen LogP contribution in [0.15, 0.2) is 30.4 Å². The minimum atomic E-state index is 0.669. The van der Waals surface area contributed by atoms with Crippen molar-refractivity contribution in [3.05, 3.63) is 39.5 Å². The van der Waals surface area contributed by atoms with Gasteiger partial charge in [-0.2, -0.15) is 0 Å². The van der Waals surface area contributed by atoms with Gasteiger partial charge in [0, 0.05) is 21.2 Å². The molecule has 1 aromatic carbocycles. The van der Waals surface area contributed by atoms with Crippen LogP contribution in [-0.4, -0.2) is 6.04 Å². The second-order valence-corrected chi connectivity index (χ2v) is 6.19. The highest BCUT2D eigenvalue weighted by molar-refractivity contribution is 14.1. The highest BCUT2D eigenvalue weighted by Crippen LogP contribution is 2.44. The molecule has 0 heterocycles. The van der Waals surface area contributed by atoms with E-state index in [-0.39, 0.29) is 0 Å². The Labute approximate surface area is 110 Å². The summed E-state index contributed by atoms with van der Waals surface area (Å²) >= 11 is 2.36. The molecule has 0 radical (unpaired) electrons. The third-order valence-electron chi connectivity index (χ3n) is 3.89. The van der Waals surface area contributed by atoms with Crippen molar-refractivity contribution < 1.29 is 0 Å². The minimum absolute atomic E-state index is 0.669. The molecule has 3 unspecified atom stereocenters. The Hall–Kier alpha value is -0.510. The fourth-order valence-corrected chi connectivity index (χ4v) is 3.52. The number of hydrogen-bond acceptors (Lipinski definition) is 1. The van der Waals surface area contributed by atoms with Crippen LogP contribution in [0.3, 0.4) is 0 Å². The van der Waals surface area contributed by atoms with Crippen LogP contribution in [0.25, 0.3) is 0 Å². The zero-order valence-corrected chi connectivity index (χ0v) is 11.6. The van der Waals surface area contributed by atoms with E-state index in [0.29, 0.717) is 6.04 Å². The van der Waals surface area contributed by atoms with Crippen molar-refractivity contribution in [1.29, 1.82) is 0 Å². The number of fused-ring (bicyclic) bond motifs is 1. The lowest BCUT2D eigenvalue weighted by atomic mass is 9.71. The van der Waals surface area contributed by atoms with Crippen molar-refractivity contribution >= 4 is 28.3 Å². The molecule has 1 aromatic rings. The topological polar surface area (TPSA) is 12.0 Å². The molecule has 2 aliphatic rings. The Morgan fingerprint density at radius 3 is 3.00 bits per heavy atom. The van der Waals surface area contributed by atoms with Crippen LogP contribution in [0.2, 0.25) is 0 Å². The number of nitrogens with one attached hydrogen (secondary N) is 1. The van der Waals surface area contributed by atoms with Crippen LogP contribution in [0.1, 0.15) is 18.4 Å². The lowest BCUT2D eigenvalue weighted by Crippen LogP contribution is -2.43. The fraction of sp³-hybridized carbons (Fsp3) is 0.429. The first-order valence-electron chi connectivity index (χ1n) is 5.93. The maximum absolute atomic E-state index is 3.69. The first-order valence-corrected chi connectivity index (χ1v) is 7.01. The van der Waals surface area contributed by atoms with Crippen molar-refractivity contribution in [1.82, 2.24) is 0 Å². The Bertz CT molecular complexity index is 438. The monoisotopic (exact) mass is 325 g/mol. The van der Waals surface area contributed by atoms with Crippen LogP contribution < -0.4 is 5.32 Å². The zero-order valence-electron chi connectivity index (χ0n) is 9.41. The van der Waals surface area contributed by atoms with E-state index in [2.05, 4.69) is 65.2 Å². The predicted molar refractivity (Wildman–Crippen MR) is 76.7 cm³/mol. The molecule has 2 heteroatoms. The second kappa shape index (κ2) is 4.06. The summed E-state index contributed by atoms with van der Waals surface area (Å²) in [4.78, 5) is 0. The maximum Gasteiger partial charge on any atom is 0.0372 e. The summed E-state index contributed by atoms with van der Waals surface area (Å²) in [5.41, 5.74) is 2.67. The van der Waals surface area contributed by atoms with E-state index in [0.717, 1.165) is 11.8 Å². The molecule has 0 bridgehead atoms. The van der Waals surface area contributed by atoms with Crippen molar-refractivity contribution in [2.45, 2.75) is 25.8 Å². The number of aryl methyl sites for hydroxylation is 1. The molecule has 1 nitrogen and oxygen atoms in total. The summed E-state index contributed by atoms with van der Waals surface area (Å²) in [6, 6.07) is 7.30. The second-order valence-electron chi connectivity index (χ2n) is 4.95. The van der Waals surface area contributed by atoms with Gasteiger partial charge in [-0.05, 0) is 72.0 Å². The number of allylic oxidation sites excluding steroid dienone is 1. The van der Waals surface area contributed by atoms with Gasteiger partial charge < -0.3 is 5.32 Å². The third-order valence-corrected chi connectivity index (χ3v) is 4.56. The van der Waals surface area contributed by atoms with E-state index < -0.39 is 0 Å².